The van der Waals surface area contributed by atoms with Crippen molar-refractivity contribution in [3.63, 3.8) is 0 Å². The Balaban J connectivity index is 1.97. The van der Waals surface area contributed by atoms with Crippen LogP contribution < -0.4 is 0 Å². The van der Waals surface area contributed by atoms with Crippen molar-refractivity contribution in [2.24, 2.45) is 14.1 Å². The zero-order chi connectivity index (χ0) is 31.0. The van der Waals surface area contributed by atoms with Crippen molar-refractivity contribution in [1.29, 1.82) is 0 Å². The molecule has 2 heterocycles. The highest BCUT2D eigenvalue weighted by Crippen LogP contribution is 2.50. The van der Waals surface area contributed by atoms with Gasteiger partial charge in [0.15, 0.2) is 0 Å². The number of rotatable bonds is 1. The minimum Gasteiger partial charge on any atom is -0.343 e. The van der Waals surface area contributed by atoms with E-state index in [1.165, 1.54) is 133 Å². The SMILES string of the molecule is Cc1c(C)c(C)c2c(c1C)c1c(C)c(-c3c(C)c(C)c(C)c4c3c3c(C)c(C)c(C)c(C)c3n4C)c(C)c(C)c1n2C. The van der Waals surface area contributed by atoms with Crippen molar-refractivity contribution < 1.29 is 0 Å². The minimum absolute atomic E-state index is 1.38. The van der Waals surface area contributed by atoms with Gasteiger partial charge in [-0.05, 0) is 186 Å². The van der Waals surface area contributed by atoms with Crippen LogP contribution in [0.15, 0.2) is 0 Å². The first-order chi connectivity index (χ1) is 19.6. The molecule has 0 saturated heterocycles. The van der Waals surface area contributed by atoms with Crippen molar-refractivity contribution in [2.75, 3.05) is 0 Å². The molecule has 2 aromatic heterocycles. The van der Waals surface area contributed by atoms with Gasteiger partial charge in [-0.3, -0.25) is 0 Å². The average molecular weight is 557 g/mol. The molecule has 0 aliphatic carbocycles. The van der Waals surface area contributed by atoms with E-state index in [0.29, 0.717) is 0 Å². The molecular weight excluding hydrogens is 508 g/mol. The van der Waals surface area contributed by atoms with E-state index in [1.807, 2.05) is 0 Å². The van der Waals surface area contributed by atoms with Gasteiger partial charge >= 0.3 is 0 Å². The van der Waals surface area contributed by atoms with Crippen LogP contribution in [0.4, 0.5) is 0 Å². The molecule has 0 radical (unpaired) electrons. The number of nitrogens with zero attached hydrogens (tertiary/aromatic N) is 2. The summed E-state index contributed by atoms with van der Waals surface area (Å²) in [5, 5.41) is 5.73. The molecule has 0 bridgehead atoms. The highest BCUT2D eigenvalue weighted by Gasteiger charge is 2.28. The number of hydrogen-bond acceptors (Lipinski definition) is 0. The molecule has 0 unspecified atom stereocenters. The van der Waals surface area contributed by atoms with Crippen LogP contribution in [0.5, 0.6) is 0 Å². The molecule has 0 aliphatic heterocycles. The molecule has 2 nitrogen and oxygen atoms in total. The van der Waals surface area contributed by atoms with Crippen LogP contribution in [0.2, 0.25) is 0 Å². The Morgan fingerprint density at radius 3 is 0.929 bits per heavy atom. The van der Waals surface area contributed by atoms with Crippen molar-refractivity contribution in [2.45, 2.75) is 96.9 Å². The molecule has 0 fully saturated rings. The molecule has 0 amide bonds. The normalized spacial score (nSPS) is 12.3. The predicted molar refractivity (Wildman–Crippen MR) is 186 cm³/mol. The Kier molecular flexibility index (Phi) is 6.12. The zero-order valence-corrected chi connectivity index (χ0v) is 28.9. The quantitative estimate of drug-likeness (QED) is 0.191. The molecule has 6 aromatic rings. The maximum atomic E-state index is 2.50. The van der Waals surface area contributed by atoms with Crippen LogP contribution in [0.3, 0.4) is 0 Å². The molecule has 0 saturated carbocycles. The van der Waals surface area contributed by atoms with Gasteiger partial charge in [0.05, 0.1) is 22.1 Å². The molecule has 0 N–H and O–H groups in total. The monoisotopic (exact) mass is 556 g/mol. The summed E-state index contributed by atoms with van der Waals surface area (Å²) >= 11 is 0. The second-order valence-corrected chi connectivity index (χ2v) is 13.5. The Labute approximate surface area is 252 Å². The zero-order valence-electron chi connectivity index (χ0n) is 28.9. The van der Waals surface area contributed by atoms with Crippen LogP contribution in [0.25, 0.3) is 54.7 Å². The summed E-state index contributed by atoms with van der Waals surface area (Å²) in [5.74, 6) is 0. The Hall–Kier alpha value is -3.52. The van der Waals surface area contributed by atoms with E-state index in [-0.39, 0.29) is 0 Å². The first-order valence-corrected chi connectivity index (χ1v) is 15.5. The van der Waals surface area contributed by atoms with Gasteiger partial charge in [0.25, 0.3) is 0 Å². The lowest BCUT2D eigenvalue weighted by Crippen LogP contribution is -2.02. The van der Waals surface area contributed by atoms with Crippen LogP contribution in [0, 0.1) is 96.9 Å². The summed E-state index contributed by atoms with van der Waals surface area (Å²) in [4.78, 5) is 0. The third kappa shape index (κ3) is 3.16. The van der Waals surface area contributed by atoms with Crippen LogP contribution in [-0.2, 0) is 14.1 Å². The predicted octanol–water partition coefficient (Wildman–Crippen LogP) is 11.0. The van der Waals surface area contributed by atoms with Gasteiger partial charge in [0.2, 0.25) is 0 Å². The minimum atomic E-state index is 1.38. The molecular formula is C40H48N2. The Morgan fingerprint density at radius 2 is 0.500 bits per heavy atom. The van der Waals surface area contributed by atoms with E-state index >= 15 is 0 Å². The molecule has 0 aliphatic rings. The summed E-state index contributed by atoms with van der Waals surface area (Å²) in [6, 6.07) is 0. The van der Waals surface area contributed by atoms with E-state index in [0.717, 1.165) is 0 Å². The van der Waals surface area contributed by atoms with Crippen LogP contribution in [-0.4, -0.2) is 9.13 Å². The highest BCUT2D eigenvalue weighted by atomic mass is 15.0. The number of fused-ring (bicyclic) bond motifs is 6. The fourth-order valence-corrected chi connectivity index (χ4v) is 8.61. The topological polar surface area (TPSA) is 9.86 Å². The summed E-state index contributed by atoms with van der Waals surface area (Å²) < 4.78 is 4.98. The maximum absolute atomic E-state index is 2.50. The fraction of sp³-hybridized carbons (Fsp3) is 0.400. The van der Waals surface area contributed by atoms with Crippen molar-refractivity contribution in [1.82, 2.24) is 9.13 Å². The lowest BCUT2D eigenvalue weighted by atomic mass is 9.81. The summed E-state index contributed by atoms with van der Waals surface area (Å²) in [7, 11) is 4.56. The van der Waals surface area contributed by atoms with Crippen LogP contribution >= 0.6 is 0 Å². The van der Waals surface area contributed by atoms with Crippen molar-refractivity contribution >= 4 is 43.6 Å². The summed E-state index contributed by atoms with van der Waals surface area (Å²) in [6.07, 6.45) is 0. The molecule has 0 spiro atoms. The number of benzene rings is 4. The Morgan fingerprint density at radius 1 is 0.238 bits per heavy atom. The van der Waals surface area contributed by atoms with Crippen molar-refractivity contribution in [3.05, 3.63) is 77.9 Å². The molecule has 218 valence electrons. The van der Waals surface area contributed by atoms with E-state index in [9.17, 15) is 0 Å². The van der Waals surface area contributed by atoms with Gasteiger partial charge in [-0.25, -0.2) is 0 Å². The van der Waals surface area contributed by atoms with Gasteiger partial charge < -0.3 is 9.13 Å². The largest absolute Gasteiger partial charge is 0.343 e. The first-order valence-electron chi connectivity index (χ1n) is 15.5. The van der Waals surface area contributed by atoms with Gasteiger partial charge in [-0.1, -0.05) is 0 Å². The molecule has 4 aromatic carbocycles. The highest BCUT2D eigenvalue weighted by molar-refractivity contribution is 6.22. The third-order valence-corrected chi connectivity index (χ3v) is 12.0. The third-order valence-electron chi connectivity index (χ3n) is 12.0. The number of aromatic nitrogens is 2. The second kappa shape index (κ2) is 8.99. The van der Waals surface area contributed by atoms with Gasteiger partial charge in [0.1, 0.15) is 0 Å². The van der Waals surface area contributed by atoms with E-state index < -0.39 is 0 Å². The smallest absolute Gasteiger partial charge is 0.0527 e. The van der Waals surface area contributed by atoms with Gasteiger partial charge in [0, 0.05) is 35.6 Å². The molecule has 0 atom stereocenters. The van der Waals surface area contributed by atoms with E-state index in [2.05, 4.69) is 120 Å². The first kappa shape index (κ1) is 28.6. The maximum Gasteiger partial charge on any atom is 0.0527 e. The Bertz CT molecular complexity index is 2220. The molecule has 2 heteroatoms. The van der Waals surface area contributed by atoms with Crippen molar-refractivity contribution in [3.8, 4) is 11.1 Å². The standard InChI is InChI=1S/C40H48N2/c1-17-19(3)26(10)37-33(23(17)7)35-30(14)31(25(9)29(13)39(35)41(37)15)32-22(6)21(5)28(12)40-36(32)34-24(8)18(2)20(4)27(11)38(34)42(40)16/h1-16H3. The van der Waals surface area contributed by atoms with E-state index in [4.69, 9.17) is 0 Å². The lowest BCUT2D eigenvalue weighted by Gasteiger charge is -2.22. The molecule has 6 rings (SSSR count). The summed E-state index contributed by atoms with van der Waals surface area (Å²) in [5.41, 5.74) is 28.1. The fourth-order valence-electron chi connectivity index (χ4n) is 8.61. The number of aryl methyl sites for hydroxylation is 9. The molecule has 42 heavy (non-hydrogen) atoms. The van der Waals surface area contributed by atoms with Gasteiger partial charge in [-0.2, -0.15) is 0 Å². The summed E-state index contributed by atoms with van der Waals surface area (Å²) in [6.45, 7) is 32.6. The van der Waals surface area contributed by atoms with Crippen LogP contribution in [0.1, 0.15) is 77.9 Å². The van der Waals surface area contributed by atoms with E-state index in [1.54, 1.807) is 0 Å². The van der Waals surface area contributed by atoms with Gasteiger partial charge in [-0.15, -0.1) is 0 Å². The number of hydrogen-bond donors (Lipinski definition) is 0. The average Bonchev–Trinajstić information content (AvgIpc) is 3.43. The second-order valence-electron chi connectivity index (χ2n) is 13.5. The lowest BCUT2D eigenvalue weighted by molar-refractivity contribution is 0.994.